The number of benzene rings is 1. The molecule has 3 aromatic rings. The molecule has 0 aliphatic carbocycles. The van der Waals surface area contributed by atoms with Crippen molar-refractivity contribution in [2.24, 2.45) is 0 Å². The van der Waals surface area contributed by atoms with Crippen molar-refractivity contribution in [3.8, 4) is 11.3 Å². The number of aromatic nitrogens is 2. The fraction of sp³-hybridized carbons (Fsp3) is 0.176. The van der Waals surface area contributed by atoms with Crippen molar-refractivity contribution in [2.45, 2.75) is 19.9 Å². The van der Waals surface area contributed by atoms with Gasteiger partial charge < -0.3 is 10.3 Å². The molecule has 1 atom stereocenters. The third-order valence-corrected chi connectivity index (χ3v) is 4.79. The summed E-state index contributed by atoms with van der Waals surface area (Å²) in [5, 5.41) is 13.7. The third-order valence-electron chi connectivity index (χ3n) is 3.75. The van der Waals surface area contributed by atoms with Gasteiger partial charge in [-0.3, -0.25) is 14.9 Å². The maximum Gasteiger partial charge on any atom is 0.283 e. The first kappa shape index (κ1) is 16.8. The molecule has 0 saturated carbocycles. The van der Waals surface area contributed by atoms with Crippen LogP contribution in [-0.2, 0) is 0 Å². The second kappa shape index (κ2) is 6.86. The van der Waals surface area contributed by atoms with Crippen molar-refractivity contribution in [3.05, 3.63) is 68.3 Å². The summed E-state index contributed by atoms with van der Waals surface area (Å²) in [4.78, 5) is 31.1. The number of amides is 1. The summed E-state index contributed by atoms with van der Waals surface area (Å²) in [6, 6.07) is 10.7. The molecule has 1 aromatic carbocycles. The summed E-state index contributed by atoms with van der Waals surface area (Å²) in [5.74, 6) is 0.265. The topological polar surface area (TPSA) is 101 Å². The van der Waals surface area contributed by atoms with Crippen LogP contribution in [0.3, 0.4) is 0 Å². The average Bonchev–Trinajstić information content (AvgIpc) is 3.22. The van der Waals surface area contributed by atoms with Gasteiger partial charge in [-0.15, -0.1) is 11.3 Å². The molecule has 0 unspecified atom stereocenters. The fourth-order valence-corrected chi connectivity index (χ4v) is 3.31. The molecule has 0 radical (unpaired) electrons. The minimum absolute atomic E-state index is 0.0350. The van der Waals surface area contributed by atoms with Gasteiger partial charge in [-0.05, 0) is 19.4 Å². The maximum atomic E-state index is 12.3. The fourth-order valence-electron chi connectivity index (χ4n) is 2.42. The van der Waals surface area contributed by atoms with E-state index in [2.05, 4.69) is 15.3 Å². The van der Waals surface area contributed by atoms with Gasteiger partial charge in [0.2, 0.25) is 0 Å². The van der Waals surface area contributed by atoms with Crippen LogP contribution in [0, 0.1) is 17.0 Å². The van der Waals surface area contributed by atoms with Gasteiger partial charge in [0.1, 0.15) is 5.82 Å². The molecule has 7 nitrogen and oxygen atoms in total. The zero-order valence-electron chi connectivity index (χ0n) is 13.6. The molecule has 0 fully saturated rings. The van der Waals surface area contributed by atoms with Crippen LogP contribution in [-0.4, -0.2) is 20.8 Å². The predicted molar refractivity (Wildman–Crippen MR) is 95.6 cm³/mol. The van der Waals surface area contributed by atoms with Gasteiger partial charge in [0.25, 0.3) is 11.6 Å². The lowest BCUT2D eigenvalue weighted by molar-refractivity contribution is -0.385. The predicted octanol–water partition coefficient (Wildman–Crippen LogP) is 3.85. The molecule has 0 bridgehead atoms. The number of H-pyrrole nitrogens is 1. The number of imidazole rings is 1. The highest BCUT2D eigenvalue weighted by Gasteiger charge is 2.21. The second-order valence-corrected chi connectivity index (χ2v) is 6.81. The maximum absolute atomic E-state index is 12.3. The molecule has 1 amide bonds. The number of aromatic amines is 1. The molecule has 0 spiro atoms. The SMILES string of the molecule is Cc1sc(C(=O)N[C@@H](C)c2ncc(-c3ccccc3)[nH]2)cc1[N+](=O)[O-]. The lowest BCUT2D eigenvalue weighted by atomic mass is 10.2. The van der Waals surface area contributed by atoms with E-state index in [0.29, 0.717) is 15.6 Å². The Kier molecular flexibility index (Phi) is 4.62. The molecule has 0 saturated heterocycles. The normalized spacial score (nSPS) is 11.9. The Balaban J connectivity index is 1.73. The van der Waals surface area contributed by atoms with Crippen LogP contribution >= 0.6 is 11.3 Å². The zero-order chi connectivity index (χ0) is 18.0. The summed E-state index contributed by atoms with van der Waals surface area (Å²) < 4.78 is 0. The van der Waals surface area contributed by atoms with Gasteiger partial charge in [0.15, 0.2) is 0 Å². The lowest BCUT2D eigenvalue weighted by Crippen LogP contribution is -2.26. The quantitative estimate of drug-likeness (QED) is 0.535. The number of rotatable bonds is 5. The van der Waals surface area contributed by atoms with E-state index in [1.54, 1.807) is 20.0 Å². The van der Waals surface area contributed by atoms with Gasteiger partial charge in [0, 0.05) is 6.07 Å². The molecule has 2 N–H and O–H groups in total. The number of carbonyl (C=O) groups is 1. The Morgan fingerprint density at radius 1 is 1.36 bits per heavy atom. The average molecular weight is 356 g/mol. The Morgan fingerprint density at radius 2 is 2.08 bits per heavy atom. The van der Waals surface area contributed by atoms with Crippen LogP contribution in [0.25, 0.3) is 11.3 Å². The standard InChI is InChI=1S/C17H16N4O3S/c1-10(16-18-9-13(20-16)12-6-4-3-5-7-12)19-17(22)15-8-14(21(23)24)11(2)25-15/h3-10H,1-2H3,(H,18,20)(H,19,22)/t10-/m0/s1. The molecular weight excluding hydrogens is 340 g/mol. The van der Waals surface area contributed by atoms with Crippen LogP contribution < -0.4 is 5.32 Å². The molecule has 8 heteroatoms. The van der Waals surface area contributed by atoms with E-state index in [-0.39, 0.29) is 17.6 Å². The summed E-state index contributed by atoms with van der Waals surface area (Å²) in [5.41, 5.74) is 1.83. The number of hydrogen-bond acceptors (Lipinski definition) is 5. The number of nitrogens with one attached hydrogen (secondary N) is 2. The minimum Gasteiger partial charge on any atom is -0.342 e. The van der Waals surface area contributed by atoms with Gasteiger partial charge in [-0.1, -0.05) is 30.3 Å². The lowest BCUT2D eigenvalue weighted by Gasteiger charge is -2.10. The molecule has 2 aromatic heterocycles. The number of aryl methyl sites for hydroxylation is 1. The summed E-state index contributed by atoms with van der Waals surface area (Å²) >= 11 is 1.11. The van der Waals surface area contributed by atoms with E-state index < -0.39 is 4.92 Å². The van der Waals surface area contributed by atoms with E-state index in [9.17, 15) is 14.9 Å². The van der Waals surface area contributed by atoms with Crippen LogP contribution in [0.5, 0.6) is 0 Å². The molecule has 128 valence electrons. The number of thiophene rings is 1. The van der Waals surface area contributed by atoms with E-state index in [1.165, 1.54) is 6.07 Å². The second-order valence-electron chi connectivity index (χ2n) is 5.55. The number of nitrogens with zero attached hydrogens (tertiary/aromatic N) is 2. The summed E-state index contributed by atoms with van der Waals surface area (Å²) in [6.07, 6.45) is 1.72. The Labute approximate surface area is 147 Å². The van der Waals surface area contributed by atoms with Crippen LogP contribution in [0.4, 0.5) is 5.69 Å². The summed E-state index contributed by atoms with van der Waals surface area (Å²) in [7, 11) is 0. The van der Waals surface area contributed by atoms with E-state index >= 15 is 0 Å². The van der Waals surface area contributed by atoms with Gasteiger partial charge in [-0.25, -0.2) is 4.98 Å². The Bertz CT molecular complexity index is 917. The molecule has 0 aliphatic heterocycles. The zero-order valence-corrected chi connectivity index (χ0v) is 14.5. The number of nitro groups is 1. The molecule has 25 heavy (non-hydrogen) atoms. The van der Waals surface area contributed by atoms with E-state index in [0.717, 1.165) is 22.6 Å². The van der Waals surface area contributed by atoms with Gasteiger partial charge in [-0.2, -0.15) is 0 Å². The first-order chi connectivity index (χ1) is 12.0. The first-order valence-electron chi connectivity index (χ1n) is 7.61. The third kappa shape index (κ3) is 3.58. The highest BCUT2D eigenvalue weighted by molar-refractivity contribution is 7.14. The van der Waals surface area contributed by atoms with Crippen molar-refractivity contribution in [1.29, 1.82) is 0 Å². The van der Waals surface area contributed by atoms with Crippen LogP contribution in [0.1, 0.15) is 33.3 Å². The number of hydrogen-bond donors (Lipinski definition) is 2. The van der Waals surface area contributed by atoms with E-state index in [1.807, 2.05) is 30.3 Å². The van der Waals surface area contributed by atoms with Crippen molar-refractivity contribution < 1.29 is 9.72 Å². The highest BCUT2D eigenvalue weighted by Crippen LogP contribution is 2.28. The van der Waals surface area contributed by atoms with Gasteiger partial charge in [0.05, 0.1) is 32.6 Å². The van der Waals surface area contributed by atoms with Crippen LogP contribution in [0.15, 0.2) is 42.6 Å². The van der Waals surface area contributed by atoms with Crippen molar-refractivity contribution in [3.63, 3.8) is 0 Å². The minimum atomic E-state index is -0.481. The number of carbonyl (C=O) groups excluding carboxylic acids is 1. The molecule has 3 rings (SSSR count). The highest BCUT2D eigenvalue weighted by atomic mass is 32.1. The Hall–Kier alpha value is -3.00. The summed E-state index contributed by atoms with van der Waals surface area (Å²) in [6.45, 7) is 3.43. The molecule has 2 heterocycles. The largest absolute Gasteiger partial charge is 0.342 e. The van der Waals surface area contributed by atoms with E-state index in [4.69, 9.17) is 0 Å². The van der Waals surface area contributed by atoms with Gasteiger partial charge >= 0.3 is 0 Å². The van der Waals surface area contributed by atoms with Crippen molar-refractivity contribution in [1.82, 2.24) is 15.3 Å². The molecule has 0 aliphatic rings. The molecular formula is C17H16N4O3S. The van der Waals surface area contributed by atoms with Crippen molar-refractivity contribution in [2.75, 3.05) is 0 Å². The van der Waals surface area contributed by atoms with Crippen molar-refractivity contribution >= 4 is 22.9 Å². The smallest absolute Gasteiger partial charge is 0.283 e. The Morgan fingerprint density at radius 3 is 2.72 bits per heavy atom. The van der Waals surface area contributed by atoms with Crippen LogP contribution in [0.2, 0.25) is 0 Å². The monoisotopic (exact) mass is 356 g/mol. The first-order valence-corrected chi connectivity index (χ1v) is 8.43.